The Morgan fingerprint density at radius 1 is 0.974 bits per heavy atom. The predicted molar refractivity (Wildman–Crippen MR) is 152 cm³/mol. The highest BCUT2D eigenvalue weighted by molar-refractivity contribution is 6.03. The van der Waals surface area contributed by atoms with Crippen LogP contribution < -0.4 is 5.32 Å². The zero-order valence-corrected chi connectivity index (χ0v) is 24.7. The average Bonchev–Trinajstić information content (AvgIpc) is 2.91. The molecule has 0 bridgehead atoms. The Bertz CT molecular complexity index is 896. The van der Waals surface area contributed by atoms with Gasteiger partial charge >= 0.3 is 6.03 Å². The molecule has 0 radical (unpaired) electrons. The number of ether oxygens (including phenoxy) is 1. The topological polar surface area (TPSA) is 82.2 Å². The van der Waals surface area contributed by atoms with Crippen LogP contribution in [0.25, 0.3) is 0 Å². The van der Waals surface area contributed by atoms with Crippen LogP contribution in [0.5, 0.6) is 0 Å². The van der Waals surface area contributed by atoms with E-state index >= 15 is 0 Å². The van der Waals surface area contributed by atoms with E-state index in [0.717, 1.165) is 50.0 Å². The second kappa shape index (κ2) is 15.2. The molecule has 2 atom stereocenters. The molecule has 0 spiro atoms. The van der Waals surface area contributed by atoms with E-state index in [2.05, 4.69) is 37.9 Å². The van der Waals surface area contributed by atoms with Crippen LogP contribution in [0.2, 0.25) is 0 Å². The molecule has 1 aromatic rings. The molecule has 8 nitrogen and oxygen atoms in total. The van der Waals surface area contributed by atoms with Crippen LogP contribution in [0, 0.1) is 12.3 Å². The maximum absolute atomic E-state index is 13.4. The van der Waals surface area contributed by atoms with E-state index in [4.69, 9.17) is 4.74 Å². The third kappa shape index (κ3) is 7.35. The van der Waals surface area contributed by atoms with E-state index < -0.39 is 17.7 Å². The first-order chi connectivity index (χ1) is 18.2. The largest absolute Gasteiger partial charge is 0.347 e. The molecular weight excluding hydrogens is 480 g/mol. The Kier molecular flexibility index (Phi) is 12.7. The quantitative estimate of drug-likeness (QED) is 0.300. The Labute approximate surface area is 230 Å². The van der Waals surface area contributed by atoms with Gasteiger partial charge in [-0.25, -0.2) is 9.69 Å². The van der Waals surface area contributed by atoms with Gasteiger partial charge < -0.3 is 19.9 Å². The number of urea groups is 1. The number of hydrogen-bond donors (Lipinski definition) is 1. The van der Waals surface area contributed by atoms with Crippen molar-refractivity contribution < 1.29 is 19.1 Å². The predicted octanol–water partition coefficient (Wildman–Crippen LogP) is 5.12. The lowest BCUT2D eigenvalue weighted by Gasteiger charge is -2.53. The number of β-lactam (4-membered cyclic amide) rings is 1. The highest BCUT2D eigenvalue weighted by atomic mass is 16.5. The molecule has 8 heteroatoms. The standard InChI is InChI=1S/C30H50N4O4/c1-8-14-25(24-17-15-23(7)16-18-24)31-29(37)34-27(36)30(10-3,11-4)28(34)38-22-26(35)33(19-9-2)21-20-32(12-5)13-6/h15-18,25,28H,8-14,19-22H2,1-7H3,(H,31,37). The third-order valence-corrected chi connectivity index (χ3v) is 7.98. The van der Waals surface area contributed by atoms with E-state index in [9.17, 15) is 14.4 Å². The number of carbonyl (C=O) groups excluding carboxylic acids is 3. The fraction of sp³-hybridized carbons (Fsp3) is 0.700. The average molecular weight is 531 g/mol. The van der Waals surface area contributed by atoms with Gasteiger partial charge in [-0.2, -0.15) is 0 Å². The molecule has 1 aliphatic heterocycles. The van der Waals surface area contributed by atoms with Gasteiger partial charge in [-0.1, -0.05) is 77.8 Å². The van der Waals surface area contributed by atoms with Crippen molar-refractivity contribution in [2.75, 3.05) is 39.3 Å². The monoisotopic (exact) mass is 530 g/mol. The van der Waals surface area contributed by atoms with E-state index in [0.29, 0.717) is 25.9 Å². The summed E-state index contributed by atoms with van der Waals surface area (Å²) in [7, 11) is 0. The van der Waals surface area contributed by atoms with E-state index in [-0.39, 0.29) is 24.5 Å². The fourth-order valence-electron chi connectivity index (χ4n) is 5.27. The zero-order chi connectivity index (χ0) is 28.3. The Morgan fingerprint density at radius 2 is 1.61 bits per heavy atom. The molecule has 1 aliphatic rings. The molecule has 0 aliphatic carbocycles. The van der Waals surface area contributed by atoms with Crippen molar-refractivity contribution in [3.8, 4) is 0 Å². The van der Waals surface area contributed by atoms with Crippen LogP contribution in [0.4, 0.5) is 4.79 Å². The minimum atomic E-state index is -0.793. The summed E-state index contributed by atoms with van der Waals surface area (Å²) in [4.78, 5) is 45.2. The summed E-state index contributed by atoms with van der Waals surface area (Å²) in [6.07, 6.45) is 2.82. The lowest BCUT2D eigenvalue weighted by atomic mass is 9.72. The van der Waals surface area contributed by atoms with Gasteiger partial charge in [0.2, 0.25) is 11.8 Å². The number of rotatable bonds is 16. The molecular formula is C30H50N4O4. The number of nitrogens with zero attached hydrogens (tertiary/aromatic N) is 3. The molecule has 1 N–H and O–H groups in total. The summed E-state index contributed by atoms with van der Waals surface area (Å²) >= 11 is 0. The van der Waals surface area contributed by atoms with E-state index in [1.54, 1.807) is 0 Å². The molecule has 4 amide bonds. The van der Waals surface area contributed by atoms with Crippen LogP contribution >= 0.6 is 0 Å². The second-order valence-corrected chi connectivity index (χ2v) is 10.3. The molecule has 1 fully saturated rings. The van der Waals surface area contributed by atoms with Crippen molar-refractivity contribution in [2.24, 2.45) is 5.41 Å². The number of benzene rings is 1. The normalized spacial score (nSPS) is 17.3. The number of likely N-dealkylation sites (tertiary alicyclic amines) is 1. The van der Waals surface area contributed by atoms with Crippen LogP contribution in [0.1, 0.15) is 90.8 Å². The molecule has 2 unspecified atom stereocenters. The van der Waals surface area contributed by atoms with Crippen molar-refractivity contribution in [1.82, 2.24) is 20.0 Å². The van der Waals surface area contributed by atoms with Gasteiger partial charge in [-0.15, -0.1) is 0 Å². The number of likely N-dealkylation sites (N-methyl/N-ethyl adjacent to an activating group) is 1. The fourth-order valence-corrected chi connectivity index (χ4v) is 5.27. The summed E-state index contributed by atoms with van der Waals surface area (Å²) in [5, 5.41) is 3.06. The van der Waals surface area contributed by atoms with Crippen molar-refractivity contribution in [1.29, 1.82) is 0 Å². The highest BCUT2D eigenvalue weighted by Gasteiger charge is 2.62. The minimum absolute atomic E-state index is 0.108. The molecule has 1 saturated heterocycles. The number of nitrogens with one attached hydrogen (secondary N) is 1. The molecule has 1 heterocycles. The summed E-state index contributed by atoms with van der Waals surface area (Å²) in [5.41, 5.74) is 1.36. The highest BCUT2D eigenvalue weighted by Crippen LogP contribution is 2.46. The van der Waals surface area contributed by atoms with E-state index in [1.807, 2.05) is 49.9 Å². The first-order valence-corrected chi connectivity index (χ1v) is 14.5. The van der Waals surface area contributed by atoms with Crippen LogP contribution in [-0.2, 0) is 14.3 Å². The number of amides is 4. The molecule has 2 rings (SSSR count). The molecule has 38 heavy (non-hydrogen) atoms. The van der Waals surface area contributed by atoms with Crippen molar-refractivity contribution in [2.45, 2.75) is 92.8 Å². The Balaban J connectivity index is 2.15. The maximum atomic E-state index is 13.4. The summed E-state index contributed by atoms with van der Waals surface area (Å²) in [6, 6.07) is 7.42. The van der Waals surface area contributed by atoms with Gasteiger partial charge in [0.05, 0.1) is 11.5 Å². The lowest BCUT2D eigenvalue weighted by Crippen LogP contribution is -2.72. The molecule has 1 aromatic carbocycles. The number of hydrogen-bond acceptors (Lipinski definition) is 5. The maximum Gasteiger partial charge on any atom is 0.326 e. The van der Waals surface area contributed by atoms with Crippen molar-refractivity contribution in [3.05, 3.63) is 35.4 Å². The van der Waals surface area contributed by atoms with Gasteiger partial charge in [0.25, 0.3) is 0 Å². The van der Waals surface area contributed by atoms with Gasteiger partial charge in [0.1, 0.15) is 6.61 Å². The molecule has 214 valence electrons. The van der Waals surface area contributed by atoms with Gasteiger partial charge in [0, 0.05) is 19.6 Å². The van der Waals surface area contributed by atoms with Gasteiger partial charge in [-0.05, 0) is 51.3 Å². The lowest BCUT2D eigenvalue weighted by molar-refractivity contribution is -0.212. The third-order valence-electron chi connectivity index (χ3n) is 7.98. The minimum Gasteiger partial charge on any atom is -0.347 e. The first-order valence-electron chi connectivity index (χ1n) is 14.5. The summed E-state index contributed by atoms with van der Waals surface area (Å²) in [5.74, 6) is -0.341. The van der Waals surface area contributed by atoms with Crippen molar-refractivity contribution >= 4 is 17.8 Å². The summed E-state index contributed by atoms with van der Waals surface area (Å²) in [6.45, 7) is 18.1. The number of aryl methyl sites for hydroxylation is 1. The SMILES string of the molecule is CCCC(NC(=O)N1C(=O)C(CC)(CC)C1OCC(=O)N(CCC)CCN(CC)CC)c1ccc(C)cc1. The van der Waals surface area contributed by atoms with Gasteiger partial charge in [0.15, 0.2) is 6.23 Å². The molecule has 0 aromatic heterocycles. The Hall–Kier alpha value is -2.45. The van der Waals surface area contributed by atoms with E-state index in [1.165, 1.54) is 4.90 Å². The smallest absolute Gasteiger partial charge is 0.326 e. The second-order valence-electron chi connectivity index (χ2n) is 10.3. The van der Waals surface area contributed by atoms with Crippen LogP contribution in [0.15, 0.2) is 24.3 Å². The van der Waals surface area contributed by atoms with Crippen LogP contribution in [-0.4, -0.2) is 78.1 Å². The first kappa shape index (κ1) is 31.8. The van der Waals surface area contributed by atoms with Gasteiger partial charge in [-0.3, -0.25) is 9.59 Å². The number of imide groups is 1. The van der Waals surface area contributed by atoms with Crippen molar-refractivity contribution in [3.63, 3.8) is 0 Å². The Morgan fingerprint density at radius 3 is 2.13 bits per heavy atom. The summed E-state index contributed by atoms with van der Waals surface area (Å²) < 4.78 is 6.13. The zero-order valence-electron chi connectivity index (χ0n) is 24.7. The molecule has 0 saturated carbocycles. The van der Waals surface area contributed by atoms with Crippen LogP contribution in [0.3, 0.4) is 0 Å². The number of carbonyl (C=O) groups is 3.